The highest BCUT2D eigenvalue weighted by molar-refractivity contribution is 5.78. The van der Waals surface area contributed by atoms with E-state index < -0.39 is 11.7 Å². The van der Waals surface area contributed by atoms with Gasteiger partial charge in [-0.1, -0.05) is 12.1 Å². The zero-order valence-corrected chi connectivity index (χ0v) is 13.2. The van der Waals surface area contributed by atoms with Crippen LogP contribution < -0.4 is 0 Å². The third-order valence-electron chi connectivity index (χ3n) is 4.12. The molecule has 1 aromatic rings. The molecule has 0 spiro atoms. The maximum Gasteiger partial charge on any atom is 0.416 e. The quantitative estimate of drug-likeness (QED) is 0.825. The monoisotopic (exact) mass is 329 g/mol. The molecule has 2 rings (SSSR count). The lowest BCUT2D eigenvalue weighted by molar-refractivity contribution is -0.137. The van der Waals surface area contributed by atoms with Gasteiger partial charge >= 0.3 is 6.18 Å². The van der Waals surface area contributed by atoms with Crippen LogP contribution in [0.5, 0.6) is 0 Å². The lowest BCUT2D eigenvalue weighted by atomic mass is 10.1. The van der Waals surface area contributed by atoms with Gasteiger partial charge in [-0.2, -0.15) is 13.2 Å². The smallest absolute Gasteiger partial charge is 0.378 e. The van der Waals surface area contributed by atoms with Gasteiger partial charge in [0, 0.05) is 20.2 Å². The Balaban J connectivity index is 1.80. The van der Waals surface area contributed by atoms with Crippen LogP contribution in [0, 0.1) is 0 Å². The molecule has 6 heteroatoms. The second-order valence-electron chi connectivity index (χ2n) is 5.96. The number of rotatable bonds is 5. The number of amides is 1. The number of hydrogen-bond donors (Lipinski definition) is 0. The summed E-state index contributed by atoms with van der Waals surface area (Å²) < 4.78 is 43.1. The molecular formula is C17H22F3NO2. The molecule has 0 N–H and O–H groups in total. The highest BCUT2D eigenvalue weighted by Crippen LogP contribution is 2.29. The fourth-order valence-corrected chi connectivity index (χ4v) is 2.62. The predicted molar refractivity (Wildman–Crippen MR) is 81.0 cm³/mol. The minimum atomic E-state index is -4.35. The summed E-state index contributed by atoms with van der Waals surface area (Å²) in [5, 5.41) is 0. The molecular weight excluding hydrogens is 307 g/mol. The van der Waals surface area contributed by atoms with E-state index >= 15 is 0 Å². The Morgan fingerprint density at radius 3 is 2.52 bits per heavy atom. The van der Waals surface area contributed by atoms with Crippen LogP contribution >= 0.6 is 0 Å². The van der Waals surface area contributed by atoms with E-state index in [1.807, 2.05) is 0 Å². The van der Waals surface area contributed by atoms with E-state index in [2.05, 4.69) is 0 Å². The highest BCUT2D eigenvalue weighted by atomic mass is 19.4. The molecule has 1 aliphatic heterocycles. The fraction of sp³-hybridized carbons (Fsp3) is 0.588. The molecule has 0 radical (unpaired) electrons. The fourth-order valence-electron chi connectivity index (χ4n) is 2.62. The van der Waals surface area contributed by atoms with Crippen LogP contribution in [0.25, 0.3) is 0 Å². The van der Waals surface area contributed by atoms with Crippen LogP contribution in [-0.4, -0.2) is 37.1 Å². The van der Waals surface area contributed by atoms with Crippen LogP contribution in [0.1, 0.15) is 36.8 Å². The summed E-state index contributed by atoms with van der Waals surface area (Å²) >= 11 is 0. The maximum atomic E-state index is 12.5. The number of carbonyl (C=O) groups excluding carboxylic acids is 1. The lowest BCUT2D eigenvalue weighted by Gasteiger charge is -2.25. The summed E-state index contributed by atoms with van der Waals surface area (Å²) in [6.45, 7) is 1.39. The Labute approximate surface area is 134 Å². The molecule has 1 fully saturated rings. The Bertz CT molecular complexity index is 508. The zero-order chi connectivity index (χ0) is 16.9. The van der Waals surface area contributed by atoms with Crippen molar-refractivity contribution in [3.63, 3.8) is 0 Å². The Hall–Kier alpha value is -1.56. The van der Waals surface area contributed by atoms with Gasteiger partial charge in [0.05, 0.1) is 18.1 Å². The molecule has 3 nitrogen and oxygen atoms in total. The molecule has 0 aromatic heterocycles. The molecule has 1 atom stereocenters. The number of hydrogen-bond acceptors (Lipinski definition) is 2. The van der Waals surface area contributed by atoms with Crippen molar-refractivity contribution in [3.8, 4) is 0 Å². The van der Waals surface area contributed by atoms with Crippen molar-refractivity contribution in [2.75, 3.05) is 20.2 Å². The van der Waals surface area contributed by atoms with Gasteiger partial charge in [0.25, 0.3) is 0 Å². The van der Waals surface area contributed by atoms with Gasteiger partial charge in [0.2, 0.25) is 5.91 Å². The Morgan fingerprint density at radius 2 is 1.96 bits per heavy atom. The molecule has 1 unspecified atom stereocenters. The first-order valence-corrected chi connectivity index (χ1v) is 7.88. The largest absolute Gasteiger partial charge is 0.416 e. The molecule has 0 bridgehead atoms. The van der Waals surface area contributed by atoms with E-state index in [1.54, 1.807) is 11.9 Å². The summed E-state index contributed by atoms with van der Waals surface area (Å²) in [6.07, 6.45) is 0.0630. The van der Waals surface area contributed by atoms with E-state index in [1.165, 1.54) is 12.1 Å². The maximum absolute atomic E-state index is 12.5. The number of benzene rings is 1. The second kappa shape index (κ2) is 7.81. The molecule has 0 saturated carbocycles. The van der Waals surface area contributed by atoms with Crippen LogP contribution in [0.4, 0.5) is 13.2 Å². The van der Waals surface area contributed by atoms with Crippen LogP contribution in [0.15, 0.2) is 24.3 Å². The normalized spacial score (nSPS) is 18.7. The van der Waals surface area contributed by atoms with Gasteiger partial charge in [0.1, 0.15) is 0 Å². The van der Waals surface area contributed by atoms with E-state index in [-0.39, 0.29) is 18.4 Å². The Kier molecular flexibility index (Phi) is 6.04. The molecule has 1 heterocycles. The van der Waals surface area contributed by atoms with Gasteiger partial charge in [-0.15, -0.1) is 0 Å². The summed E-state index contributed by atoms with van der Waals surface area (Å²) in [7, 11) is 1.72. The van der Waals surface area contributed by atoms with Crippen molar-refractivity contribution in [1.29, 1.82) is 0 Å². The highest BCUT2D eigenvalue weighted by Gasteiger charge is 2.30. The minimum absolute atomic E-state index is 0.0967. The molecule has 128 valence electrons. The molecule has 0 aliphatic carbocycles. The number of halogens is 3. The van der Waals surface area contributed by atoms with Gasteiger partial charge in [0.15, 0.2) is 0 Å². The first-order chi connectivity index (χ1) is 10.9. The minimum Gasteiger partial charge on any atom is -0.378 e. The van der Waals surface area contributed by atoms with Gasteiger partial charge in [-0.25, -0.2) is 0 Å². The zero-order valence-electron chi connectivity index (χ0n) is 13.2. The van der Waals surface area contributed by atoms with Crippen LogP contribution in [0.2, 0.25) is 0 Å². The third kappa shape index (κ3) is 5.53. The number of likely N-dealkylation sites (N-methyl/N-ethyl adjacent to an activating group) is 1. The summed E-state index contributed by atoms with van der Waals surface area (Å²) in [5.41, 5.74) is -0.111. The summed E-state index contributed by atoms with van der Waals surface area (Å²) in [4.78, 5) is 13.8. The molecule has 1 aromatic carbocycles. The summed E-state index contributed by atoms with van der Waals surface area (Å²) in [5.74, 6) is -0.0967. The SMILES string of the molecule is CN(CCC1CCCCO1)C(=O)Cc1ccc(C(F)(F)F)cc1. The van der Waals surface area contributed by atoms with Crippen molar-refractivity contribution in [2.24, 2.45) is 0 Å². The number of alkyl halides is 3. The van der Waals surface area contributed by atoms with Crippen molar-refractivity contribution in [2.45, 2.75) is 44.4 Å². The Morgan fingerprint density at radius 1 is 1.26 bits per heavy atom. The van der Waals surface area contributed by atoms with Crippen LogP contribution in [0.3, 0.4) is 0 Å². The van der Waals surface area contributed by atoms with Crippen molar-refractivity contribution in [1.82, 2.24) is 4.90 Å². The van der Waals surface area contributed by atoms with Crippen molar-refractivity contribution < 1.29 is 22.7 Å². The van der Waals surface area contributed by atoms with E-state index in [4.69, 9.17) is 4.74 Å². The first-order valence-electron chi connectivity index (χ1n) is 7.88. The number of carbonyl (C=O) groups is 1. The average Bonchev–Trinajstić information content (AvgIpc) is 2.53. The first kappa shape index (κ1) is 17.8. The number of ether oxygens (including phenoxy) is 1. The molecule has 1 aliphatic rings. The predicted octanol–water partition coefficient (Wildman–Crippen LogP) is 3.67. The summed E-state index contributed by atoms with van der Waals surface area (Å²) in [6, 6.07) is 4.74. The molecule has 1 amide bonds. The van der Waals surface area contributed by atoms with Crippen LogP contribution in [-0.2, 0) is 22.1 Å². The van der Waals surface area contributed by atoms with Gasteiger partial charge in [-0.3, -0.25) is 4.79 Å². The van der Waals surface area contributed by atoms with Crippen molar-refractivity contribution in [3.05, 3.63) is 35.4 Å². The van der Waals surface area contributed by atoms with Gasteiger partial charge in [-0.05, 0) is 43.4 Å². The van der Waals surface area contributed by atoms with E-state index in [0.29, 0.717) is 12.1 Å². The molecule has 23 heavy (non-hydrogen) atoms. The molecule has 1 saturated heterocycles. The number of nitrogens with zero attached hydrogens (tertiary/aromatic N) is 1. The lowest BCUT2D eigenvalue weighted by Crippen LogP contribution is -2.32. The third-order valence-corrected chi connectivity index (χ3v) is 4.12. The van der Waals surface area contributed by atoms with E-state index in [0.717, 1.165) is 44.4 Å². The average molecular weight is 329 g/mol. The van der Waals surface area contributed by atoms with Gasteiger partial charge < -0.3 is 9.64 Å². The second-order valence-corrected chi connectivity index (χ2v) is 5.96. The van der Waals surface area contributed by atoms with Crippen molar-refractivity contribution >= 4 is 5.91 Å². The topological polar surface area (TPSA) is 29.5 Å². The van der Waals surface area contributed by atoms with E-state index in [9.17, 15) is 18.0 Å². The standard InChI is InChI=1S/C17H22F3NO2/c1-21(10-9-15-4-2-3-11-23-15)16(22)12-13-5-7-14(8-6-13)17(18,19)20/h5-8,15H,2-4,9-12H2,1H3.